The average molecular weight is 477 g/mol. The van der Waals surface area contributed by atoms with E-state index in [1.54, 1.807) is 16.7 Å². The number of nitrogens with zero attached hydrogens (tertiary/aromatic N) is 4. The Bertz CT molecular complexity index is 1100. The van der Waals surface area contributed by atoms with Crippen molar-refractivity contribution in [3.8, 4) is 5.69 Å². The molecule has 0 fully saturated rings. The molecule has 1 N–H and O–H groups in total. The molecule has 0 spiro atoms. The summed E-state index contributed by atoms with van der Waals surface area (Å²) in [5.41, 5.74) is 2.69. The first-order valence-corrected chi connectivity index (χ1v) is 10.2. The van der Waals surface area contributed by atoms with Gasteiger partial charge in [0.25, 0.3) is 0 Å². The summed E-state index contributed by atoms with van der Waals surface area (Å²) in [5.74, 6) is 0.555. The monoisotopic (exact) mass is 475 g/mol. The van der Waals surface area contributed by atoms with Crippen molar-refractivity contribution >= 4 is 51.4 Å². The molecule has 6 nitrogen and oxygen atoms in total. The number of halogens is 2. The molecule has 28 heavy (non-hydrogen) atoms. The highest BCUT2D eigenvalue weighted by molar-refractivity contribution is 9.10. The molecule has 0 saturated heterocycles. The lowest BCUT2D eigenvalue weighted by Crippen LogP contribution is -2.32. The highest BCUT2D eigenvalue weighted by Crippen LogP contribution is 2.21. The molecule has 3 aromatic rings. The summed E-state index contributed by atoms with van der Waals surface area (Å²) in [7, 11) is 0. The second kappa shape index (κ2) is 7.98. The number of rotatable bonds is 4. The van der Waals surface area contributed by atoms with Gasteiger partial charge in [0.2, 0.25) is 5.91 Å². The minimum Gasteiger partial charge on any atom is -0.273 e. The first-order valence-electron chi connectivity index (χ1n) is 8.57. The van der Waals surface area contributed by atoms with Gasteiger partial charge in [0.1, 0.15) is 6.54 Å². The largest absolute Gasteiger partial charge is 0.273 e. The fraction of sp³-hybridized carbons (Fsp3) is 0.158. The molecule has 9 heteroatoms. The van der Waals surface area contributed by atoms with E-state index in [4.69, 9.17) is 23.8 Å². The molecule has 0 aliphatic carbocycles. The van der Waals surface area contributed by atoms with Crippen LogP contribution in [0.1, 0.15) is 24.2 Å². The van der Waals surface area contributed by atoms with Gasteiger partial charge in [0.15, 0.2) is 10.6 Å². The van der Waals surface area contributed by atoms with E-state index in [-0.39, 0.29) is 12.5 Å². The first-order chi connectivity index (χ1) is 13.5. The van der Waals surface area contributed by atoms with Gasteiger partial charge in [-0.15, -0.1) is 0 Å². The van der Waals surface area contributed by atoms with Crippen molar-refractivity contribution in [3.63, 3.8) is 0 Å². The maximum atomic E-state index is 12.4. The molecule has 0 unspecified atom stereocenters. The van der Waals surface area contributed by atoms with Gasteiger partial charge in [-0.25, -0.2) is 5.01 Å². The van der Waals surface area contributed by atoms with E-state index >= 15 is 0 Å². The van der Waals surface area contributed by atoms with Gasteiger partial charge < -0.3 is 0 Å². The number of aromatic nitrogens is 3. The quantitative estimate of drug-likeness (QED) is 0.546. The molecule has 2 heterocycles. The lowest BCUT2D eigenvalue weighted by molar-refractivity contribution is -0.132. The number of hydrogen-bond donors (Lipinski definition) is 1. The molecule has 1 amide bonds. The SMILES string of the molecule is O=C1CCC(c2ccc(Br)cc2)=NN1Cc1n[nH]c(=S)n1-c1ccc(Cl)cc1. The predicted molar refractivity (Wildman–Crippen MR) is 114 cm³/mol. The minimum atomic E-state index is -0.0440. The Morgan fingerprint density at radius 3 is 2.54 bits per heavy atom. The zero-order valence-electron chi connectivity index (χ0n) is 14.6. The molecule has 1 aliphatic rings. The van der Waals surface area contributed by atoms with Crippen LogP contribution in [0.3, 0.4) is 0 Å². The number of amides is 1. The Morgan fingerprint density at radius 1 is 1.11 bits per heavy atom. The van der Waals surface area contributed by atoms with E-state index < -0.39 is 0 Å². The van der Waals surface area contributed by atoms with Crippen molar-refractivity contribution in [2.45, 2.75) is 19.4 Å². The molecule has 4 rings (SSSR count). The number of benzene rings is 2. The molecule has 1 aromatic heterocycles. The number of H-pyrrole nitrogens is 1. The molecule has 0 radical (unpaired) electrons. The Labute approximate surface area is 180 Å². The minimum absolute atomic E-state index is 0.0440. The smallest absolute Gasteiger partial charge is 0.243 e. The number of aromatic amines is 1. The zero-order chi connectivity index (χ0) is 19.7. The average Bonchev–Trinajstić information content (AvgIpc) is 3.05. The van der Waals surface area contributed by atoms with Crippen LogP contribution in [0.4, 0.5) is 0 Å². The van der Waals surface area contributed by atoms with E-state index in [9.17, 15) is 4.79 Å². The molecule has 1 aliphatic heterocycles. The van der Waals surface area contributed by atoms with Crippen molar-refractivity contribution < 1.29 is 4.79 Å². The summed E-state index contributed by atoms with van der Waals surface area (Å²) in [6.07, 6.45) is 1.02. The van der Waals surface area contributed by atoms with Gasteiger partial charge in [-0.1, -0.05) is 39.7 Å². The topological polar surface area (TPSA) is 66.3 Å². The van der Waals surface area contributed by atoms with Gasteiger partial charge in [0, 0.05) is 28.0 Å². The maximum absolute atomic E-state index is 12.4. The maximum Gasteiger partial charge on any atom is 0.243 e. The standard InChI is InChI=1S/C19H15BrClN5OS/c20-13-3-1-12(2-4-13)16-9-10-18(27)25(24-16)11-17-22-23-19(28)26(17)15-7-5-14(21)6-8-15/h1-8H,9-11H2,(H,23,28). The van der Waals surface area contributed by atoms with E-state index in [0.29, 0.717) is 28.5 Å². The van der Waals surface area contributed by atoms with Crippen molar-refractivity contribution in [2.24, 2.45) is 5.10 Å². The predicted octanol–water partition coefficient (Wildman–Crippen LogP) is 4.87. The summed E-state index contributed by atoms with van der Waals surface area (Å²) in [6, 6.07) is 15.2. The summed E-state index contributed by atoms with van der Waals surface area (Å²) >= 11 is 14.8. The molecule has 2 aromatic carbocycles. The number of nitrogens with one attached hydrogen (secondary N) is 1. The van der Waals surface area contributed by atoms with Gasteiger partial charge in [-0.3, -0.25) is 14.5 Å². The van der Waals surface area contributed by atoms with Crippen LogP contribution in [0.5, 0.6) is 0 Å². The molecular formula is C19H15BrClN5OS. The van der Waals surface area contributed by atoms with Gasteiger partial charge >= 0.3 is 0 Å². The van der Waals surface area contributed by atoms with Crippen LogP contribution in [-0.4, -0.2) is 31.4 Å². The van der Waals surface area contributed by atoms with Crippen LogP contribution >= 0.6 is 39.7 Å². The van der Waals surface area contributed by atoms with Crippen LogP contribution in [0.25, 0.3) is 5.69 Å². The van der Waals surface area contributed by atoms with Crippen LogP contribution < -0.4 is 0 Å². The van der Waals surface area contributed by atoms with Crippen molar-refractivity contribution in [2.75, 3.05) is 0 Å². The number of hydrogen-bond acceptors (Lipinski definition) is 4. The fourth-order valence-electron chi connectivity index (χ4n) is 3.00. The third-order valence-corrected chi connectivity index (χ3v) is 5.45. The van der Waals surface area contributed by atoms with Gasteiger partial charge in [0.05, 0.1) is 5.71 Å². The van der Waals surface area contributed by atoms with E-state index in [2.05, 4.69) is 31.2 Å². The normalized spacial score (nSPS) is 14.3. The molecule has 0 atom stereocenters. The van der Waals surface area contributed by atoms with Gasteiger partial charge in [-0.2, -0.15) is 10.2 Å². The number of carbonyl (C=O) groups is 1. The van der Waals surface area contributed by atoms with Crippen molar-refractivity contribution in [1.29, 1.82) is 0 Å². The summed E-state index contributed by atoms with van der Waals surface area (Å²) in [6.45, 7) is 0.217. The lowest BCUT2D eigenvalue weighted by Gasteiger charge is -2.23. The Morgan fingerprint density at radius 2 is 1.82 bits per heavy atom. The molecule has 0 bridgehead atoms. The first kappa shape index (κ1) is 19.0. The Hall–Kier alpha value is -2.29. The number of hydrazone groups is 1. The third-order valence-electron chi connectivity index (χ3n) is 4.40. The fourth-order valence-corrected chi connectivity index (χ4v) is 3.65. The van der Waals surface area contributed by atoms with Crippen LogP contribution in [0, 0.1) is 4.77 Å². The highest BCUT2D eigenvalue weighted by Gasteiger charge is 2.23. The van der Waals surface area contributed by atoms with Crippen molar-refractivity contribution in [3.05, 3.63) is 74.2 Å². The second-order valence-corrected chi connectivity index (χ2v) is 8.00. The Kier molecular flexibility index (Phi) is 5.43. The van der Waals surface area contributed by atoms with Crippen LogP contribution in [-0.2, 0) is 11.3 Å². The highest BCUT2D eigenvalue weighted by atomic mass is 79.9. The molecular weight excluding hydrogens is 462 g/mol. The molecule has 142 valence electrons. The van der Waals surface area contributed by atoms with E-state index in [1.165, 1.54) is 5.01 Å². The van der Waals surface area contributed by atoms with Crippen LogP contribution in [0.2, 0.25) is 5.02 Å². The zero-order valence-corrected chi connectivity index (χ0v) is 17.8. The second-order valence-electron chi connectivity index (χ2n) is 6.26. The van der Waals surface area contributed by atoms with E-state index in [1.807, 2.05) is 36.4 Å². The lowest BCUT2D eigenvalue weighted by atomic mass is 10.0. The van der Waals surface area contributed by atoms with Crippen LogP contribution in [0.15, 0.2) is 58.1 Å². The Balaban J connectivity index is 1.66. The van der Waals surface area contributed by atoms with Crippen molar-refractivity contribution in [1.82, 2.24) is 19.8 Å². The summed E-state index contributed by atoms with van der Waals surface area (Å²) in [5, 5.41) is 13.8. The van der Waals surface area contributed by atoms with Gasteiger partial charge in [-0.05, 0) is 54.2 Å². The van der Waals surface area contributed by atoms with E-state index in [0.717, 1.165) is 21.4 Å². The summed E-state index contributed by atoms with van der Waals surface area (Å²) < 4.78 is 3.22. The summed E-state index contributed by atoms with van der Waals surface area (Å²) in [4.78, 5) is 12.4. The molecule has 0 saturated carbocycles. The number of carbonyl (C=O) groups excluding carboxylic acids is 1. The third kappa shape index (κ3) is 3.94.